The number of nitrogens with zero attached hydrogens (tertiary/aromatic N) is 1. The van der Waals surface area contributed by atoms with Crippen LogP contribution in [0, 0.1) is 17.8 Å². The van der Waals surface area contributed by atoms with Gasteiger partial charge in [0.25, 0.3) is 0 Å². The largest absolute Gasteiger partial charge is 0.335 e. The minimum atomic E-state index is 0.0523. The molecule has 1 aliphatic heterocycles. The van der Waals surface area contributed by atoms with Crippen molar-refractivity contribution in [1.29, 1.82) is 0 Å². The molecule has 0 aromatic rings. The third-order valence-electron chi connectivity index (χ3n) is 3.73. The molecule has 3 nitrogen and oxygen atoms in total. The highest BCUT2D eigenvalue weighted by Gasteiger charge is 2.48. The number of likely N-dealkylation sites (tertiary alicyclic amines) is 1. The van der Waals surface area contributed by atoms with E-state index in [1.165, 1.54) is 19.3 Å². The SMILES string of the molecule is O=C1CC(=O)N(CC2CC2C2CC2)C1. The third-order valence-corrected chi connectivity index (χ3v) is 3.73. The molecule has 2 unspecified atom stereocenters. The van der Waals surface area contributed by atoms with Crippen LogP contribution in [0.4, 0.5) is 0 Å². The maximum atomic E-state index is 11.3. The van der Waals surface area contributed by atoms with E-state index in [4.69, 9.17) is 0 Å². The molecule has 1 amide bonds. The van der Waals surface area contributed by atoms with Crippen molar-refractivity contribution in [3.63, 3.8) is 0 Å². The number of Topliss-reactive ketones (excluding diaryl/α,β-unsaturated/α-hetero) is 1. The molecule has 0 radical (unpaired) electrons. The molecule has 0 aromatic heterocycles. The van der Waals surface area contributed by atoms with Gasteiger partial charge in [0, 0.05) is 6.54 Å². The van der Waals surface area contributed by atoms with Crippen LogP contribution in [-0.4, -0.2) is 29.7 Å². The average Bonchev–Trinajstić information content (AvgIpc) is 2.95. The lowest BCUT2D eigenvalue weighted by Crippen LogP contribution is -2.28. The molecule has 3 heteroatoms. The lowest BCUT2D eigenvalue weighted by atomic mass is 10.2. The molecule has 14 heavy (non-hydrogen) atoms. The third kappa shape index (κ3) is 1.45. The van der Waals surface area contributed by atoms with Gasteiger partial charge >= 0.3 is 0 Å². The number of carbonyl (C=O) groups excluding carboxylic acids is 2. The van der Waals surface area contributed by atoms with E-state index in [0.29, 0.717) is 6.54 Å². The molecule has 0 spiro atoms. The Bertz CT molecular complexity index is 296. The molecule has 0 aromatic carbocycles. The summed E-state index contributed by atoms with van der Waals surface area (Å²) in [7, 11) is 0. The van der Waals surface area contributed by atoms with E-state index in [2.05, 4.69) is 0 Å². The molecule has 2 saturated carbocycles. The van der Waals surface area contributed by atoms with Crippen LogP contribution < -0.4 is 0 Å². The quantitative estimate of drug-likeness (QED) is 0.623. The van der Waals surface area contributed by atoms with Crippen LogP contribution in [0.3, 0.4) is 0 Å². The fourth-order valence-corrected chi connectivity index (χ4v) is 2.67. The zero-order chi connectivity index (χ0) is 9.71. The smallest absolute Gasteiger partial charge is 0.230 e. The van der Waals surface area contributed by atoms with E-state index in [1.807, 2.05) is 0 Å². The van der Waals surface area contributed by atoms with E-state index >= 15 is 0 Å². The molecule has 3 aliphatic rings. The fraction of sp³-hybridized carbons (Fsp3) is 0.818. The molecule has 3 fully saturated rings. The number of ketones is 1. The summed E-state index contributed by atoms with van der Waals surface area (Å²) in [6.45, 7) is 1.23. The van der Waals surface area contributed by atoms with Gasteiger partial charge in [0.05, 0.1) is 13.0 Å². The van der Waals surface area contributed by atoms with Crippen molar-refractivity contribution in [2.75, 3.05) is 13.1 Å². The van der Waals surface area contributed by atoms with Crippen LogP contribution in [0.2, 0.25) is 0 Å². The van der Waals surface area contributed by atoms with Crippen molar-refractivity contribution in [1.82, 2.24) is 4.90 Å². The molecular formula is C11H15NO2. The van der Waals surface area contributed by atoms with Crippen LogP contribution in [0.5, 0.6) is 0 Å². The Kier molecular flexibility index (Phi) is 1.70. The molecule has 1 heterocycles. The normalized spacial score (nSPS) is 36.7. The van der Waals surface area contributed by atoms with Gasteiger partial charge in [0.2, 0.25) is 5.91 Å². The molecule has 3 rings (SSSR count). The van der Waals surface area contributed by atoms with Gasteiger partial charge in [-0.3, -0.25) is 9.59 Å². The molecule has 1 saturated heterocycles. The topological polar surface area (TPSA) is 37.4 Å². The Morgan fingerprint density at radius 3 is 2.64 bits per heavy atom. The number of hydrogen-bond donors (Lipinski definition) is 0. The summed E-state index contributed by atoms with van der Waals surface area (Å²) in [6.07, 6.45) is 4.24. The first-order valence-electron chi connectivity index (χ1n) is 5.53. The molecule has 0 bridgehead atoms. The highest BCUT2D eigenvalue weighted by atomic mass is 16.2. The lowest BCUT2D eigenvalue weighted by molar-refractivity contribution is -0.128. The van der Waals surface area contributed by atoms with Crippen molar-refractivity contribution in [3.05, 3.63) is 0 Å². The van der Waals surface area contributed by atoms with Crippen molar-refractivity contribution in [3.8, 4) is 0 Å². The predicted molar refractivity (Wildman–Crippen MR) is 50.5 cm³/mol. The Morgan fingerprint density at radius 1 is 1.29 bits per heavy atom. The van der Waals surface area contributed by atoms with E-state index in [-0.39, 0.29) is 18.1 Å². The Labute approximate surface area is 83.5 Å². The second kappa shape index (κ2) is 2.81. The summed E-state index contributed by atoms with van der Waals surface area (Å²) >= 11 is 0. The first-order valence-corrected chi connectivity index (χ1v) is 5.53. The zero-order valence-corrected chi connectivity index (χ0v) is 8.24. The first kappa shape index (κ1) is 8.45. The van der Waals surface area contributed by atoms with Gasteiger partial charge in [-0.15, -0.1) is 0 Å². The summed E-state index contributed by atoms with van der Waals surface area (Å²) in [5.41, 5.74) is 0. The first-order chi connectivity index (χ1) is 6.74. The van der Waals surface area contributed by atoms with Crippen molar-refractivity contribution < 1.29 is 9.59 Å². The van der Waals surface area contributed by atoms with Crippen molar-refractivity contribution in [2.45, 2.75) is 25.7 Å². The zero-order valence-electron chi connectivity index (χ0n) is 8.24. The lowest BCUT2D eigenvalue weighted by Gasteiger charge is -2.13. The second-order valence-corrected chi connectivity index (χ2v) is 4.99. The van der Waals surface area contributed by atoms with Crippen LogP contribution >= 0.6 is 0 Å². The van der Waals surface area contributed by atoms with Crippen LogP contribution in [0.1, 0.15) is 25.7 Å². The number of rotatable bonds is 3. The minimum Gasteiger partial charge on any atom is -0.335 e. The van der Waals surface area contributed by atoms with E-state index in [1.54, 1.807) is 4.90 Å². The number of amides is 1. The van der Waals surface area contributed by atoms with Gasteiger partial charge < -0.3 is 4.90 Å². The summed E-state index contributed by atoms with van der Waals surface area (Å²) in [5, 5.41) is 0. The Hall–Kier alpha value is -0.860. The maximum Gasteiger partial charge on any atom is 0.230 e. The minimum absolute atomic E-state index is 0.0523. The highest BCUT2D eigenvalue weighted by Crippen LogP contribution is 2.54. The van der Waals surface area contributed by atoms with Crippen molar-refractivity contribution in [2.24, 2.45) is 17.8 Å². The van der Waals surface area contributed by atoms with Gasteiger partial charge in [-0.1, -0.05) is 0 Å². The summed E-state index contributed by atoms with van der Waals surface area (Å²) < 4.78 is 0. The van der Waals surface area contributed by atoms with E-state index in [9.17, 15) is 9.59 Å². The highest BCUT2D eigenvalue weighted by molar-refractivity contribution is 6.05. The van der Waals surface area contributed by atoms with Crippen LogP contribution in [0.15, 0.2) is 0 Å². The van der Waals surface area contributed by atoms with Crippen LogP contribution in [-0.2, 0) is 9.59 Å². The molecule has 2 aliphatic carbocycles. The predicted octanol–water partition coefficient (Wildman–Crippen LogP) is 0.834. The van der Waals surface area contributed by atoms with E-state index in [0.717, 1.165) is 24.3 Å². The number of carbonyl (C=O) groups is 2. The average molecular weight is 193 g/mol. The molecular weight excluding hydrogens is 178 g/mol. The van der Waals surface area contributed by atoms with Crippen LogP contribution in [0.25, 0.3) is 0 Å². The second-order valence-electron chi connectivity index (χ2n) is 4.99. The van der Waals surface area contributed by atoms with Gasteiger partial charge in [-0.25, -0.2) is 0 Å². The van der Waals surface area contributed by atoms with Crippen molar-refractivity contribution >= 4 is 11.7 Å². The number of hydrogen-bond acceptors (Lipinski definition) is 2. The Balaban J connectivity index is 1.53. The van der Waals surface area contributed by atoms with Gasteiger partial charge in [0.15, 0.2) is 5.78 Å². The summed E-state index contributed by atoms with van der Waals surface area (Å²) in [6, 6.07) is 0. The summed E-state index contributed by atoms with van der Waals surface area (Å²) in [4.78, 5) is 24.1. The Morgan fingerprint density at radius 2 is 2.07 bits per heavy atom. The monoisotopic (exact) mass is 193 g/mol. The fourth-order valence-electron chi connectivity index (χ4n) is 2.67. The van der Waals surface area contributed by atoms with Gasteiger partial charge in [-0.2, -0.15) is 0 Å². The van der Waals surface area contributed by atoms with Gasteiger partial charge in [0.1, 0.15) is 0 Å². The van der Waals surface area contributed by atoms with Gasteiger partial charge in [-0.05, 0) is 37.0 Å². The molecule has 2 atom stereocenters. The van der Waals surface area contributed by atoms with E-state index < -0.39 is 0 Å². The standard InChI is InChI=1S/C11H15NO2/c13-9-4-11(14)12(6-9)5-8-3-10(8)7-1-2-7/h7-8,10H,1-6H2. The molecule has 0 N–H and O–H groups in total. The molecule has 76 valence electrons. The maximum absolute atomic E-state index is 11.3. The summed E-state index contributed by atoms with van der Waals surface area (Å²) in [5.74, 6) is 2.72.